The summed E-state index contributed by atoms with van der Waals surface area (Å²) in [5, 5.41) is 3.02. The van der Waals surface area contributed by atoms with Crippen LogP contribution in [0.2, 0.25) is 0 Å². The topological polar surface area (TPSA) is 67.2 Å². The van der Waals surface area contributed by atoms with E-state index in [0.717, 1.165) is 22.8 Å². The van der Waals surface area contributed by atoms with Crippen LogP contribution in [0.5, 0.6) is 0 Å². The third kappa shape index (κ3) is 4.12. The second-order valence-corrected chi connectivity index (χ2v) is 7.95. The van der Waals surface area contributed by atoms with E-state index in [1.54, 1.807) is 6.07 Å². The van der Waals surface area contributed by atoms with Gasteiger partial charge in [-0.1, -0.05) is 36.0 Å². The summed E-state index contributed by atoms with van der Waals surface area (Å²) in [6, 6.07) is 11.2. The summed E-state index contributed by atoms with van der Waals surface area (Å²) in [5.41, 5.74) is 1.86. The zero-order valence-electron chi connectivity index (χ0n) is 16.5. The first-order valence-corrected chi connectivity index (χ1v) is 10.6. The lowest BCUT2D eigenvalue weighted by molar-refractivity contribution is -0.157. The standard InChI is InChI=1S/C21H19F3N4O2S/c1-2-27-15-9-5-3-7-13(15)26-20(27)31-12-19(30)28-16-10-6-4-8-14(16)25-18(29)11-17(28)21(22,23)24/h3-10,17H,2,11-12H2,1H3,(H,25,29)/t17-/m0/s1. The highest BCUT2D eigenvalue weighted by molar-refractivity contribution is 7.99. The number of anilines is 2. The van der Waals surface area contributed by atoms with Crippen LogP contribution in [0.3, 0.4) is 0 Å². The van der Waals surface area contributed by atoms with E-state index in [2.05, 4.69) is 10.3 Å². The fourth-order valence-electron chi connectivity index (χ4n) is 3.66. The van der Waals surface area contributed by atoms with E-state index >= 15 is 0 Å². The van der Waals surface area contributed by atoms with Gasteiger partial charge in [0.25, 0.3) is 0 Å². The Morgan fingerprint density at radius 2 is 1.90 bits per heavy atom. The fourth-order valence-corrected chi connectivity index (χ4v) is 4.60. The van der Waals surface area contributed by atoms with Crippen LogP contribution in [0.1, 0.15) is 13.3 Å². The van der Waals surface area contributed by atoms with Crippen LogP contribution in [0, 0.1) is 0 Å². The van der Waals surface area contributed by atoms with Crippen molar-refractivity contribution >= 4 is 46.0 Å². The highest BCUT2D eigenvalue weighted by Gasteiger charge is 2.48. The van der Waals surface area contributed by atoms with Crippen molar-refractivity contribution in [2.24, 2.45) is 0 Å². The molecule has 1 atom stereocenters. The highest BCUT2D eigenvalue weighted by Crippen LogP contribution is 2.38. The molecule has 0 fully saturated rings. The second-order valence-electron chi connectivity index (χ2n) is 7.01. The van der Waals surface area contributed by atoms with E-state index in [0.29, 0.717) is 16.6 Å². The molecule has 0 aliphatic carbocycles. The van der Waals surface area contributed by atoms with Gasteiger partial charge in [-0.05, 0) is 31.2 Å². The van der Waals surface area contributed by atoms with Gasteiger partial charge in [0.1, 0.15) is 6.04 Å². The number of aromatic nitrogens is 2. The minimum Gasteiger partial charge on any atom is -0.324 e. The molecule has 0 saturated heterocycles. The molecule has 10 heteroatoms. The van der Waals surface area contributed by atoms with Crippen molar-refractivity contribution in [3.8, 4) is 0 Å². The number of carbonyl (C=O) groups excluding carboxylic acids is 2. The zero-order chi connectivity index (χ0) is 22.2. The number of amides is 2. The first-order valence-electron chi connectivity index (χ1n) is 9.65. The first-order chi connectivity index (χ1) is 14.8. The molecular formula is C21H19F3N4O2S. The summed E-state index contributed by atoms with van der Waals surface area (Å²) in [7, 11) is 0. The van der Waals surface area contributed by atoms with Gasteiger partial charge in [-0.25, -0.2) is 4.98 Å². The van der Waals surface area contributed by atoms with Crippen LogP contribution >= 0.6 is 11.8 Å². The van der Waals surface area contributed by atoms with Crippen molar-refractivity contribution in [2.45, 2.75) is 37.3 Å². The van der Waals surface area contributed by atoms with Crippen LogP contribution in [0.25, 0.3) is 11.0 Å². The number of carbonyl (C=O) groups is 2. The molecule has 1 N–H and O–H groups in total. The Kier molecular flexibility index (Phi) is 5.65. The van der Waals surface area contributed by atoms with Crippen molar-refractivity contribution < 1.29 is 22.8 Å². The van der Waals surface area contributed by atoms with Crippen molar-refractivity contribution in [3.05, 3.63) is 48.5 Å². The Hall–Kier alpha value is -3.01. The van der Waals surface area contributed by atoms with Gasteiger partial charge < -0.3 is 9.88 Å². The van der Waals surface area contributed by atoms with Crippen LogP contribution in [-0.2, 0) is 16.1 Å². The van der Waals surface area contributed by atoms with Gasteiger partial charge in [0.15, 0.2) is 5.16 Å². The van der Waals surface area contributed by atoms with Gasteiger partial charge in [0.2, 0.25) is 11.8 Å². The number of alkyl halides is 3. The second kappa shape index (κ2) is 8.26. The zero-order valence-corrected chi connectivity index (χ0v) is 17.3. The molecule has 0 radical (unpaired) electrons. The molecular weight excluding hydrogens is 429 g/mol. The molecule has 0 spiro atoms. The predicted octanol–water partition coefficient (Wildman–Crippen LogP) is 4.45. The lowest BCUT2D eigenvalue weighted by Crippen LogP contribution is -2.50. The Balaban J connectivity index is 1.66. The fraction of sp³-hybridized carbons (Fsp3) is 0.286. The molecule has 3 aromatic rings. The number of imidazole rings is 1. The summed E-state index contributed by atoms with van der Waals surface area (Å²) in [4.78, 5) is 30.4. The Morgan fingerprint density at radius 1 is 1.19 bits per heavy atom. The number of halogens is 3. The summed E-state index contributed by atoms with van der Waals surface area (Å²) in [6.45, 7) is 2.54. The van der Waals surface area contributed by atoms with E-state index in [-0.39, 0.29) is 17.1 Å². The summed E-state index contributed by atoms with van der Waals surface area (Å²) < 4.78 is 43.4. The molecule has 2 aromatic carbocycles. The van der Waals surface area contributed by atoms with Gasteiger partial charge >= 0.3 is 6.18 Å². The van der Waals surface area contributed by atoms with Gasteiger partial charge in [-0.3, -0.25) is 14.5 Å². The number of nitrogens with one attached hydrogen (secondary N) is 1. The maximum absolute atomic E-state index is 13.8. The van der Waals surface area contributed by atoms with E-state index < -0.39 is 30.5 Å². The third-order valence-electron chi connectivity index (χ3n) is 5.04. The monoisotopic (exact) mass is 448 g/mol. The molecule has 2 amide bonds. The number of rotatable bonds is 4. The number of thioether (sulfide) groups is 1. The first kappa shape index (κ1) is 21.2. The summed E-state index contributed by atoms with van der Waals surface area (Å²) in [5.74, 6) is -1.78. The van der Waals surface area contributed by atoms with Gasteiger partial charge in [0, 0.05) is 6.54 Å². The molecule has 0 unspecified atom stereocenters. The lowest BCUT2D eigenvalue weighted by atomic mass is 10.1. The maximum Gasteiger partial charge on any atom is 0.409 e. The SMILES string of the molecule is CCn1c(SCC(=O)N2c3ccccc3NC(=O)C[C@H]2C(F)(F)F)nc2ccccc21. The number of benzene rings is 2. The van der Waals surface area contributed by atoms with Crippen molar-refractivity contribution in [1.82, 2.24) is 9.55 Å². The third-order valence-corrected chi connectivity index (χ3v) is 6.00. The van der Waals surface area contributed by atoms with Crippen molar-refractivity contribution in [1.29, 1.82) is 0 Å². The Morgan fingerprint density at radius 3 is 2.65 bits per heavy atom. The lowest BCUT2D eigenvalue weighted by Gasteiger charge is -2.31. The van der Waals surface area contributed by atoms with Gasteiger partial charge in [0.05, 0.1) is 34.6 Å². The Bertz CT molecular complexity index is 1150. The van der Waals surface area contributed by atoms with Gasteiger partial charge in [-0.15, -0.1) is 0 Å². The number of hydrogen-bond acceptors (Lipinski definition) is 4. The van der Waals surface area contributed by atoms with Crippen molar-refractivity contribution in [3.63, 3.8) is 0 Å². The summed E-state index contributed by atoms with van der Waals surface area (Å²) in [6.07, 6.45) is -5.62. The van der Waals surface area contributed by atoms with Crippen LogP contribution < -0.4 is 10.2 Å². The largest absolute Gasteiger partial charge is 0.409 e. The molecule has 4 rings (SSSR count). The number of hydrogen-bond donors (Lipinski definition) is 1. The van der Waals surface area contributed by atoms with E-state index in [1.165, 1.54) is 18.2 Å². The van der Waals surface area contributed by atoms with E-state index in [4.69, 9.17) is 0 Å². The van der Waals surface area contributed by atoms with Crippen LogP contribution in [0.15, 0.2) is 53.7 Å². The number of para-hydroxylation sites is 4. The Labute approximate surface area is 180 Å². The number of nitrogens with zero attached hydrogens (tertiary/aromatic N) is 3. The molecule has 6 nitrogen and oxygen atoms in total. The minimum absolute atomic E-state index is 0.0327. The smallest absolute Gasteiger partial charge is 0.324 e. The average Bonchev–Trinajstić information content (AvgIpc) is 3.01. The molecule has 2 heterocycles. The molecule has 162 valence electrons. The minimum atomic E-state index is -4.76. The molecule has 31 heavy (non-hydrogen) atoms. The molecule has 0 bridgehead atoms. The quantitative estimate of drug-likeness (QED) is 0.599. The molecule has 1 aliphatic heterocycles. The molecule has 0 saturated carbocycles. The van der Waals surface area contributed by atoms with Crippen molar-refractivity contribution in [2.75, 3.05) is 16.0 Å². The number of aryl methyl sites for hydroxylation is 1. The normalized spacial score (nSPS) is 16.7. The average molecular weight is 448 g/mol. The number of fused-ring (bicyclic) bond motifs is 2. The molecule has 1 aromatic heterocycles. The maximum atomic E-state index is 13.8. The summed E-state index contributed by atoms with van der Waals surface area (Å²) >= 11 is 1.08. The van der Waals surface area contributed by atoms with Crippen LogP contribution in [-0.4, -0.2) is 39.3 Å². The van der Waals surface area contributed by atoms with Gasteiger partial charge in [-0.2, -0.15) is 13.2 Å². The predicted molar refractivity (Wildman–Crippen MR) is 113 cm³/mol. The highest BCUT2D eigenvalue weighted by atomic mass is 32.2. The van der Waals surface area contributed by atoms with E-state index in [1.807, 2.05) is 35.8 Å². The molecule has 1 aliphatic rings. The van der Waals surface area contributed by atoms with Crippen LogP contribution in [0.4, 0.5) is 24.5 Å². The van der Waals surface area contributed by atoms with E-state index in [9.17, 15) is 22.8 Å².